The molecule has 2 heterocycles. The molecule has 1 saturated heterocycles. The number of aromatic nitrogens is 1. The fourth-order valence-corrected chi connectivity index (χ4v) is 2.93. The summed E-state index contributed by atoms with van der Waals surface area (Å²) in [5.74, 6) is 1.30. The van der Waals surface area contributed by atoms with Gasteiger partial charge in [0, 0.05) is 31.5 Å². The standard InChI is InChI=1S/C20H24N2O4/c1-24-17-6-2-7-18(11-17)26-15-20(23)22-10-4-8-19(13-22)25-14-16-5-3-9-21-12-16/h2-3,5-7,9,11-12,19H,4,8,10,13-15H2,1H3. The maximum Gasteiger partial charge on any atom is 0.260 e. The number of pyridine rings is 1. The molecule has 3 rings (SSSR count). The van der Waals surface area contributed by atoms with Crippen LogP contribution in [0.3, 0.4) is 0 Å². The topological polar surface area (TPSA) is 60.9 Å². The highest BCUT2D eigenvalue weighted by Crippen LogP contribution is 2.19. The predicted molar refractivity (Wildman–Crippen MR) is 97.1 cm³/mol. The lowest BCUT2D eigenvalue weighted by Crippen LogP contribution is -2.45. The quantitative estimate of drug-likeness (QED) is 0.763. The Morgan fingerprint density at radius 1 is 1.27 bits per heavy atom. The third kappa shape index (κ3) is 5.20. The number of rotatable bonds is 7. The molecule has 1 aromatic heterocycles. The fraction of sp³-hybridized carbons (Fsp3) is 0.400. The van der Waals surface area contributed by atoms with Gasteiger partial charge < -0.3 is 19.1 Å². The van der Waals surface area contributed by atoms with E-state index in [-0.39, 0.29) is 18.6 Å². The molecule has 6 nitrogen and oxygen atoms in total. The van der Waals surface area contributed by atoms with Gasteiger partial charge in [0.2, 0.25) is 0 Å². The Kier molecular flexibility index (Phi) is 6.44. The van der Waals surface area contributed by atoms with Crippen molar-refractivity contribution in [3.8, 4) is 11.5 Å². The number of carbonyl (C=O) groups excluding carboxylic acids is 1. The maximum absolute atomic E-state index is 12.4. The van der Waals surface area contributed by atoms with Gasteiger partial charge in [-0.05, 0) is 36.6 Å². The monoisotopic (exact) mass is 356 g/mol. The van der Waals surface area contributed by atoms with Crippen molar-refractivity contribution in [3.05, 3.63) is 54.4 Å². The highest BCUT2D eigenvalue weighted by molar-refractivity contribution is 5.77. The number of hydrogen-bond donors (Lipinski definition) is 0. The molecule has 1 amide bonds. The minimum atomic E-state index is -0.0255. The minimum absolute atomic E-state index is 0.0164. The summed E-state index contributed by atoms with van der Waals surface area (Å²) in [5, 5.41) is 0. The van der Waals surface area contributed by atoms with E-state index in [0.717, 1.165) is 24.9 Å². The van der Waals surface area contributed by atoms with Crippen LogP contribution in [-0.2, 0) is 16.1 Å². The van der Waals surface area contributed by atoms with Crippen LogP contribution in [0, 0.1) is 0 Å². The van der Waals surface area contributed by atoms with Crippen LogP contribution in [0.15, 0.2) is 48.8 Å². The Hall–Kier alpha value is -2.60. The second-order valence-electron chi connectivity index (χ2n) is 6.24. The first kappa shape index (κ1) is 18.2. The van der Waals surface area contributed by atoms with E-state index in [1.807, 2.05) is 35.2 Å². The van der Waals surface area contributed by atoms with E-state index >= 15 is 0 Å². The van der Waals surface area contributed by atoms with Crippen LogP contribution < -0.4 is 9.47 Å². The zero-order valence-corrected chi connectivity index (χ0v) is 15.0. The second kappa shape index (κ2) is 9.20. The number of piperidine rings is 1. The van der Waals surface area contributed by atoms with Crippen molar-refractivity contribution in [3.63, 3.8) is 0 Å². The molecule has 1 aliphatic heterocycles. The van der Waals surface area contributed by atoms with Gasteiger partial charge in [0.15, 0.2) is 6.61 Å². The third-order valence-corrected chi connectivity index (χ3v) is 4.34. The van der Waals surface area contributed by atoms with Crippen molar-refractivity contribution >= 4 is 5.91 Å². The largest absolute Gasteiger partial charge is 0.497 e. The van der Waals surface area contributed by atoms with Crippen molar-refractivity contribution in [2.24, 2.45) is 0 Å². The van der Waals surface area contributed by atoms with Crippen molar-refractivity contribution in [2.75, 3.05) is 26.8 Å². The predicted octanol–water partition coefficient (Wildman–Crippen LogP) is 2.68. The number of ether oxygens (including phenoxy) is 3. The average Bonchev–Trinajstić information content (AvgIpc) is 2.71. The van der Waals surface area contributed by atoms with Crippen LogP contribution in [0.2, 0.25) is 0 Å². The number of carbonyl (C=O) groups is 1. The number of likely N-dealkylation sites (tertiary alicyclic amines) is 1. The van der Waals surface area contributed by atoms with Crippen LogP contribution in [0.4, 0.5) is 0 Å². The summed E-state index contributed by atoms with van der Waals surface area (Å²) in [6.07, 6.45) is 5.48. The normalized spacial score (nSPS) is 17.0. The third-order valence-electron chi connectivity index (χ3n) is 4.34. The average molecular weight is 356 g/mol. The van der Waals surface area contributed by atoms with Gasteiger partial charge in [-0.3, -0.25) is 9.78 Å². The molecule has 1 atom stereocenters. The van der Waals surface area contributed by atoms with Gasteiger partial charge in [-0.15, -0.1) is 0 Å². The highest BCUT2D eigenvalue weighted by atomic mass is 16.5. The molecule has 0 radical (unpaired) electrons. The Morgan fingerprint density at radius 2 is 2.15 bits per heavy atom. The van der Waals surface area contributed by atoms with Gasteiger partial charge in [0.25, 0.3) is 5.91 Å². The van der Waals surface area contributed by atoms with Gasteiger partial charge in [0.1, 0.15) is 11.5 Å². The Labute approximate surface area is 153 Å². The summed E-state index contributed by atoms with van der Waals surface area (Å²) in [5.41, 5.74) is 1.04. The van der Waals surface area contributed by atoms with Crippen molar-refractivity contribution < 1.29 is 19.0 Å². The van der Waals surface area contributed by atoms with E-state index in [9.17, 15) is 4.79 Å². The Morgan fingerprint density at radius 3 is 2.96 bits per heavy atom. The summed E-state index contributed by atoms with van der Waals surface area (Å²) in [6.45, 7) is 1.87. The first-order valence-corrected chi connectivity index (χ1v) is 8.80. The molecular weight excluding hydrogens is 332 g/mol. The molecule has 0 N–H and O–H groups in total. The maximum atomic E-state index is 12.4. The van der Waals surface area contributed by atoms with Gasteiger partial charge in [-0.25, -0.2) is 0 Å². The van der Waals surface area contributed by atoms with Crippen LogP contribution in [-0.4, -0.2) is 48.7 Å². The number of nitrogens with zero attached hydrogens (tertiary/aromatic N) is 2. The molecule has 6 heteroatoms. The Bertz CT molecular complexity index is 708. The number of methoxy groups -OCH3 is 1. The van der Waals surface area contributed by atoms with Crippen LogP contribution in [0.1, 0.15) is 18.4 Å². The van der Waals surface area contributed by atoms with Crippen molar-refractivity contribution in [2.45, 2.75) is 25.6 Å². The second-order valence-corrected chi connectivity index (χ2v) is 6.24. The lowest BCUT2D eigenvalue weighted by Gasteiger charge is -2.32. The molecule has 2 aromatic rings. The lowest BCUT2D eigenvalue weighted by atomic mass is 10.1. The van der Waals surface area contributed by atoms with Gasteiger partial charge >= 0.3 is 0 Å². The minimum Gasteiger partial charge on any atom is -0.497 e. The van der Waals surface area contributed by atoms with E-state index in [0.29, 0.717) is 24.7 Å². The zero-order chi connectivity index (χ0) is 18.2. The van der Waals surface area contributed by atoms with Gasteiger partial charge in [0.05, 0.1) is 19.8 Å². The summed E-state index contributed by atoms with van der Waals surface area (Å²) < 4.78 is 16.7. The highest BCUT2D eigenvalue weighted by Gasteiger charge is 2.24. The summed E-state index contributed by atoms with van der Waals surface area (Å²) >= 11 is 0. The molecule has 1 fully saturated rings. The molecule has 1 aromatic carbocycles. The fourth-order valence-electron chi connectivity index (χ4n) is 2.93. The van der Waals surface area contributed by atoms with Crippen LogP contribution in [0.25, 0.3) is 0 Å². The summed E-state index contributed by atoms with van der Waals surface area (Å²) in [4.78, 5) is 18.4. The molecule has 0 aliphatic carbocycles. The van der Waals surface area contributed by atoms with Crippen LogP contribution >= 0.6 is 0 Å². The molecule has 26 heavy (non-hydrogen) atoms. The van der Waals surface area contributed by atoms with E-state index in [1.165, 1.54) is 0 Å². The lowest BCUT2D eigenvalue weighted by molar-refractivity contribution is -0.137. The van der Waals surface area contributed by atoms with Gasteiger partial charge in [-0.2, -0.15) is 0 Å². The molecule has 0 spiro atoms. The molecule has 138 valence electrons. The molecule has 0 saturated carbocycles. The Balaban J connectivity index is 1.46. The smallest absolute Gasteiger partial charge is 0.260 e. The van der Waals surface area contributed by atoms with E-state index < -0.39 is 0 Å². The summed E-state index contributed by atoms with van der Waals surface area (Å²) in [6, 6.07) is 11.1. The first-order chi connectivity index (χ1) is 12.7. The van der Waals surface area contributed by atoms with Crippen molar-refractivity contribution in [1.29, 1.82) is 0 Å². The van der Waals surface area contributed by atoms with E-state index in [4.69, 9.17) is 14.2 Å². The van der Waals surface area contributed by atoms with Crippen LogP contribution in [0.5, 0.6) is 11.5 Å². The molecule has 1 unspecified atom stereocenters. The molecule has 0 bridgehead atoms. The summed E-state index contributed by atoms with van der Waals surface area (Å²) in [7, 11) is 1.60. The SMILES string of the molecule is COc1cccc(OCC(=O)N2CCCC(OCc3cccnc3)C2)c1. The van der Waals surface area contributed by atoms with E-state index in [1.54, 1.807) is 25.6 Å². The number of hydrogen-bond acceptors (Lipinski definition) is 5. The molecular formula is C20H24N2O4. The van der Waals surface area contributed by atoms with E-state index in [2.05, 4.69) is 4.98 Å². The van der Waals surface area contributed by atoms with Crippen molar-refractivity contribution in [1.82, 2.24) is 9.88 Å². The molecule has 1 aliphatic rings. The van der Waals surface area contributed by atoms with Gasteiger partial charge in [-0.1, -0.05) is 12.1 Å². The zero-order valence-electron chi connectivity index (χ0n) is 15.0. The number of amides is 1. The number of benzene rings is 1. The first-order valence-electron chi connectivity index (χ1n) is 8.80.